The first kappa shape index (κ1) is 11.3. The minimum Gasteiger partial charge on any atom is -0.341 e. The Hall–Kier alpha value is -0.830. The summed E-state index contributed by atoms with van der Waals surface area (Å²) in [4.78, 5) is 14.2. The normalized spacial score (nSPS) is 36.8. The van der Waals surface area contributed by atoms with Gasteiger partial charge >= 0.3 is 0 Å². The van der Waals surface area contributed by atoms with Gasteiger partial charge < -0.3 is 10.2 Å². The van der Waals surface area contributed by atoms with Gasteiger partial charge in [0.1, 0.15) is 0 Å². The number of nitrogens with zero attached hydrogens (tertiary/aromatic N) is 1. The predicted octanol–water partition coefficient (Wildman–Crippen LogP) is 1.55. The van der Waals surface area contributed by atoms with E-state index in [1.165, 1.54) is 25.7 Å². The van der Waals surface area contributed by atoms with Gasteiger partial charge in [0.15, 0.2) is 0 Å². The Morgan fingerprint density at radius 1 is 1.41 bits per heavy atom. The zero-order valence-electron chi connectivity index (χ0n) is 10.6. The van der Waals surface area contributed by atoms with Gasteiger partial charge in [-0.05, 0) is 44.4 Å². The highest BCUT2D eigenvalue weighted by Crippen LogP contribution is 2.42. The summed E-state index contributed by atoms with van der Waals surface area (Å²) in [7, 11) is 0. The van der Waals surface area contributed by atoms with E-state index in [0.29, 0.717) is 17.9 Å². The second kappa shape index (κ2) is 4.45. The topological polar surface area (TPSA) is 32.3 Å². The number of amides is 1. The maximum Gasteiger partial charge on any atom is 0.239 e. The van der Waals surface area contributed by atoms with Gasteiger partial charge in [-0.1, -0.05) is 12.2 Å². The molecule has 0 aromatic heterocycles. The van der Waals surface area contributed by atoms with Crippen LogP contribution in [-0.2, 0) is 4.79 Å². The zero-order valence-corrected chi connectivity index (χ0v) is 10.6. The number of rotatable bonds is 3. The van der Waals surface area contributed by atoms with Crippen molar-refractivity contribution >= 4 is 5.91 Å². The second-order valence-corrected chi connectivity index (χ2v) is 5.76. The monoisotopic (exact) mass is 234 g/mol. The molecule has 2 aliphatic carbocycles. The van der Waals surface area contributed by atoms with Gasteiger partial charge in [0.25, 0.3) is 0 Å². The summed E-state index contributed by atoms with van der Waals surface area (Å²) in [5, 5.41) is 3.52. The number of hydrogen-bond acceptors (Lipinski definition) is 2. The van der Waals surface area contributed by atoms with E-state index < -0.39 is 0 Å². The molecule has 4 atom stereocenters. The van der Waals surface area contributed by atoms with E-state index >= 15 is 0 Å². The Bertz CT molecular complexity index is 333. The average Bonchev–Trinajstić information content (AvgIpc) is 2.93. The fourth-order valence-electron chi connectivity index (χ4n) is 3.51. The zero-order chi connectivity index (χ0) is 11.8. The van der Waals surface area contributed by atoms with Crippen molar-refractivity contribution in [2.45, 2.75) is 44.7 Å². The number of hydrogen-bond donors (Lipinski definition) is 1. The molecule has 1 saturated heterocycles. The first-order valence-electron chi connectivity index (χ1n) is 6.97. The van der Waals surface area contributed by atoms with Crippen LogP contribution in [0.15, 0.2) is 12.2 Å². The standard InChI is InChI=1S/C14H22N2O/c1-10(14(17)16-7-2-3-8-16)15-13-9-11-5-4-6-12(11)13/h4,6,10-13,15H,2-3,5,7-9H2,1H3. The Labute approximate surface area is 103 Å². The fraction of sp³-hybridized carbons (Fsp3) is 0.786. The first-order valence-corrected chi connectivity index (χ1v) is 6.97. The summed E-state index contributed by atoms with van der Waals surface area (Å²) in [6.45, 7) is 3.94. The lowest BCUT2D eigenvalue weighted by Crippen LogP contribution is -2.55. The number of likely N-dealkylation sites (tertiary alicyclic amines) is 1. The molecule has 3 nitrogen and oxygen atoms in total. The number of allylic oxidation sites excluding steroid dienone is 1. The Balaban J connectivity index is 1.51. The summed E-state index contributed by atoms with van der Waals surface area (Å²) in [5.41, 5.74) is 0. The van der Waals surface area contributed by atoms with Gasteiger partial charge in [0.05, 0.1) is 6.04 Å². The molecule has 1 aliphatic heterocycles. The summed E-state index contributed by atoms with van der Waals surface area (Å²) in [6, 6.07) is 0.536. The average molecular weight is 234 g/mol. The van der Waals surface area contributed by atoms with Gasteiger partial charge in [-0.25, -0.2) is 0 Å². The van der Waals surface area contributed by atoms with Gasteiger partial charge in [0, 0.05) is 19.1 Å². The molecule has 17 heavy (non-hydrogen) atoms. The van der Waals surface area contributed by atoms with Crippen molar-refractivity contribution in [1.29, 1.82) is 0 Å². The van der Waals surface area contributed by atoms with Crippen LogP contribution < -0.4 is 5.32 Å². The van der Waals surface area contributed by atoms with Crippen LogP contribution in [0.2, 0.25) is 0 Å². The van der Waals surface area contributed by atoms with Crippen LogP contribution in [0.25, 0.3) is 0 Å². The lowest BCUT2D eigenvalue weighted by Gasteiger charge is -2.42. The van der Waals surface area contributed by atoms with Crippen LogP contribution in [0.4, 0.5) is 0 Å². The molecule has 0 bridgehead atoms. The quantitative estimate of drug-likeness (QED) is 0.751. The molecule has 2 fully saturated rings. The van der Waals surface area contributed by atoms with Gasteiger partial charge in [-0.2, -0.15) is 0 Å². The molecule has 1 N–H and O–H groups in total. The van der Waals surface area contributed by atoms with Crippen molar-refractivity contribution in [3.8, 4) is 0 Å². The van der Waals surface area contributed by atoms with E-state index in [1.807, 2.05) is 11.8 Å². The van der Waals surface area contributed by atoms with Crippen molar-refractivity contribution in [1.82, 2.24) is 10.2 Å². The smallest absolute Gasteiger partial charge is 0.239 e. The third kappa shape index (κ3) is 2.01. The van der Waals surface area contributed by atoms with Crippen LogP contribution in [0.5, 0.6) is 0 Å². The van der Waals surface area contributed by atoms with E-state index in [2.05, 4.69) is 17.5 Å². The van der Waals surface area contributed by atoms with Crippen molar-refractivity contribution in [3.63, 3.8) is 0 Å². The van der Waals surface area contributed by atoms with Crippen LogP contribution >= 0.6 is 0 Å². The van der Waals surface area contributed by atoms with Gasteiger partial charge in [-0.15, -0.1) is 0 Å². The summed E-state index contributed by atoms with van der Waals surface area (Å²) in [5.74, 6) is 1.86. The number of carbonyl (C=O) groups is 1. The molecule has 0 radical (unpaired) electrons. The van der Waals surface area contributed by atoms with Crippen molar-refractivity contribution < 1.29 is 4.79 Å². The largest absolute Gasteiger partial charge is 0.341 e. The second-order valence-electron chi connectivity index (χ2n) is 5.76. The Morgan fingerprint density at radius 2 is 2.18 bits per heavy atom. The third-order valence-corrected chi connectivity index (χ3v) is 4.62. The van der Waals surface area contributed by atoms with E-state index in [4.69, 9.17) is 0 Å². The molecule has 3 aliphatic rings. The van der Waals surface area contributed by atoms with E-state index in [0.717, 1.165) is 19.0 Å². The van der Waals surface area contributed by atoms with Crippen LogP contribution in [-0.4, -0.2) is 36.0 Å². The lowest BCUT2D eigenvalue weighted by molar-refractivity contribution is -0.132. The molecule has 3 rings (SSSR count). The lowest BCUT2D eigenvalue weighted by atomic mass is 9.71. The SMILES string of the molecule is CC(NC1CC2CC=CC21)C(=O)N1CCCC1. The van der Waals surface area contributed by atoms with Crippen LogP contribution in [0.1, 0.15) is 32.6 Å². The summed E-state index contributed by atoms with van der Waals surface area (Å²) < 4.78 is 0. The molecule has 3 heteroatoms. The molecule has 1 heterocycles. The molecule has 94 valence electrons. The third-order valence-electron chi connectivity index (χ3n) is 4.62. The summed E-state index contributed by atoms with van der Waals surface area (Å²) in [6.07, 6.45) is 9.47. The maximum absolute atomic E-state index is 12.2. The molecule has 4 unspecified atom stereocenters. The molecule has 0 aromatic carbocycles. The van der Waals surface area contributed by atoms with Gasteiger partial charge in [0.2, 0.25) is 5.91 Å². The van der Waals surface area contributed by atoms with Crippen molar-refractivity contribution in [2.75, 3.05) is 13.1 Å². The van der Waals surface area contributed by atoms with E-state index in [9.17, 15) is 4.79 Å². The fourth-order valence-corrected chi connectivity index (χ4v) is 3.51. The maximum atomic E-state index is 12.2. The van der Waals surface area contributed by atoms with E-state index in [-0.39, 0.29) is 6.04 Å². The Morgan fingerprint density at radius 3 is 2.88 bits per heavy atom. The highest BCUT2D eigenvalue weighted by atomic mass is 16.2. The van der Waals surface area contributed by atoms with Crippen LogP contribution in [0, 0.1) is 11.8 Å². The molecular weight excluding hydrogens is 212 g/mol. The van der Waals surface area contributed by atoms with Crippen LogP contribution in [0.3, 0.4) is 0 Å². The molecule has 1 amide bonds. The first-order chi connectivity index (χ1) is 8.25. The predicted molar refractivity (Wildman–Crippen MR) is 67.6 cm³/mol. The highest BCUT2D eigenvalue weighted by molar-refractivity contribution is 5.81. The molecule has 1 saturated carbocycles. The minimum atomic E-state index is -0.00644. The summed E-state index contributed by atoms with van der Waals surface area (Å²) >= 11 is 0. The van der Waals surface area contributed by atoms with Crippen molar-refractivity contribution in [2.24, 2.45) is 11.8 Å². The molecular formula is C14H22N2O. The van der Waals surface area contributed by atoms with E-state index in [1.54, 1.807) is 0 Å². The van der Waals surface area contributed by atoms with Gasteiger partial charge in [-0.3, -0.25) is 4.79 Å². The minimum absolute atomic E-state index is 0.00644. The number of fused-ring (bicyclic) bond motifs is 1. The number of carbonyl (C=O) groups excluding carboxylic acids is 1. The van der Waals surface area contributed by atoms with Crippen molar-refractivity contribution in [3.05, 3.63) is 12.2 Å². The Kier molecular flexibility index (Phi) is 2.95. The highest BCUT2D eigenvalue weighted by Gasteiger charge is 2.42. The molecule has 0 spiro atoms. The number of nitrogens with one attached hydrogen (secondary N) is 1. The molecule has 0 aromatic rings.